The molecule has 2 fully saturated rings. The molecule has 1 amide bonds. The van der Waals surface area contributed by atoms with Crippen molar-refractivity contribution in [3.8, 4) is 11.8 Å². The van der Waals surface area contributed by atoms with Crippen molar-refractivity contribution < 1.29 is 32.9 Å². The van der Waals surface area contributed by atoms with Gasteiger partial charge in [0.05, 0.1) is 42.9 Å². The monoisotopic (exact) mass is 599 g/mol. The Bertz CT molecular complexity index is 1300. The van der Waals surface area contributed by atoms with Gasteiger partial charge in [0.1, 0.15) is 5.75 Å². The van der Waals surface area contributed by atoms with Crippen LogP contribution in [0.5, 0.6) is 5.75 Å². The van der Waals surface area contributed by atoms with Gasteiger partial charge < -0.3 is 19.7 Å². The van der Waals surface area contributed by atoms with Gasteiger partial charge in [-0.2, -0.15) is 9.57 Å². The van der Waals surface area contributed by atoms with E-state index < -0.39 is 39.7 Å². The van der Waals surface area contributed by atoms with E-state index in [1.165, 1.54) is 28.4 Å². The largest absolute Gasteiger partial charge is 0.497 e. The highest BCUT2D eigenvalue weighted by Crippen LogP contribution is 2.43. The van der Waals surface area contributed by atoms with Crippen molar-refractivity contribution in [2.75, 3.05) is 33.4 Å². The number of benzene rings is 2. The minimum absolute atomic E-state index is 0.0582. The lowest BCUT2D eigenvalue weighted by Gasteiger charge is -2.40. The van der Waals surface area contributed by atoms with Crippen molar-refractivity contribution in [1.82, 2.24) is 9.21 Å². The van der Waals surface area contributed by atoms with Crippen LogP contribution in [0, 0.1) is 16.7 Å². The summed E-state index contributed by atoms with van der Waals surface area (Å²) in [4.78, 5) is 13.9. The molecule has 11 heteroatoms. The molecule has 1 saturated heterocycles. The fourth-order valence-corrected chi connectivity index (χ4v) is 7.94. The highest BCUT2D eigenvalue weighted by atomic mass is 32.2. The maximum Gasteiger partial charge on any atom is 0.407 e. The molecular weight excluding hydrogens is 558 g/mol. The number of hydrogen-bond donors (Lipinski definition) is 2. The van der Waals surface area contributed by atoms with Crippen molar-refractivity contribution in [2.24, 2.45) is 5.41 Å². The zero-order valence-corrected chi connectivity index (χ0v) is 24.9. The zero-order chi connectivity index (χ0) is 30.2. The van der Waals surface area contributed by atoms with Gasteiger partial charge in [-0.1, -0.05) is 43.2 Å². The molecule has 42 heavy (non-hydrogen) atoms. The second-order valence-corrected chi connectivity index (χ2v) is 13.3. The number of aliphatic hydroxyl groups is 1. The second-order valence-electron chi connectivity index (χ2n) is 11.4. The number of carbonyl (C=O) groups is 1. The summed E-state index contributed by atoms with van der Waals surface area (Å²) < 4.78 is 40.4. The molecule has 228 valence electrons. The van der Waals surface area contributed by atoms with Crippen LogP contribution in [-0.4, -0.2) is 85.5 Å². The number of aliphatic hydroxyl groups excluding tert-OH is 1. The number of amides is 1. The smallest absolute Gasteiger partial charge is 0.407 e. The first-order valence-corrected chi connectivity index (χ1v) is 16.0. The quantitative estimate of drug-likeness (QED) is 0.328. The lowest BCUT2D eigenvalue weighted by molar-refractivity contribution is 0.0134. The minimum atomic E-state index is -4.10. The van der Waals surface area contributed by atoms with Gasteiger partial charge in [0.25, 0.3) is 0 Å². The van der Waals surface area contributed by atoms with E-state index in [0.29, 0.717) is 31.6 Å². The predicted molar refractivity (Wildman–Crippen MR) is 157 cm³/mol. The van der Waals surface area contributed by atoms with Gasteiger partial charge in [0.15, 0.2) is 0 Å². The van der Waals surface area contributed by atoms with E-state index in [-0.39, 0.29) is 31.0 Å². The third kappa shape index (κ3) is 7.61. The number of ether oxygens (including phenoxy) is 2. The van der Waals surface area contributed by atoms with E-state index in [1.54, 1.807) is 12.1 Å². The summed E-state index contributed by atoms with van der Waals surface area (Å²) in [5.41, 5.74) is 0.438. The lowest BCUT2D eigenvalue weighted by atomic mass is 9.81. The maximum atomic E-state index is 14.2. The summed E-state index contributed by atoms with van der Waals surface area (Å²) in [6, 6.07) is 16.2. The van der Waals surface area contributed by atoms with E-state index in [4.69, 9.17) is 9.47 Å². The molecule has 3 atom stereocenters. The van der Waals surface area contributed by atoms with Gasteiger partial charge in [0, 0.05) is 26.1 Å². The van der Waals surface area contributed by atoms with E-state index >= 15 is 0 Å². The normalized spacial score (nSPS) is 19.7. The number of nitriles is 1. The van der Waals surface area contributed by atoms with Gasteiger partial charge >= 0.3 is 6.09 Å². The Kier molecular flexibility index (Phi) is 10.8. The van der Waals surface area contributed by atoms with E-state index in [2.05, 4.69) is 6.07 Å². The van der Waals surface area contributed by atoms with Crippen molar-refractivity contribution in [2.45, 2.75) is 74.4 Å². The zero-order valence-electron chi connectivity index (χ0n) is 24.1. The van der Waals surface area contributed by atoms with Crippen LogP contribution in [0.15, 0.2) is 59.5 Å². The van der Waals surface area contributed by atoms with Gasteiger partial charge in [-0.25, -0.2) is 13.2 Å². The lowest BCUT2D eigenvalue weighted by Crippen LogP contribution is -2.56. The Morgan fingerprint density at radius 1 is 1.17 bits per heavy atom. The number of rotatable bonds is 14. The molecule has 0 spiro atoms. The Morgan fingerprint density at radius 2 is 1.86 bits per heavy atom. The fourth-order valence-electron chi connectivity index (χ4n) is 6.37. The number of nitrogens with zero attached hydrogens (tertiary/aromatic N) is 3. The minimum Gasteiger partial charge on any atom is -0.497 e. The van der Waals surface area contributed by atoms with Gasteiger partial charge in [-0.15, -0.1) is 0 Å². The highest BCUT2D eigenvalue weighted by molar-refractivity contribution is 7.89. The second kappa shape index (κ2) is 14.3. The molecule has 2 aromatic rings. The third-order valence-electron chi connectivity index (χ3n) is 8.64. The van der Waals surface area contributed by atoms with E-state index in [0.717, 1.165) is 31.2 Å². The van der Waals surface area contributed by atoms with Crippen molar-refractivity contribution >= 4 is 16.1 Å². The summed E-state index contributed by atoms with van der Waals surface area (Å²) >= 11 is 0. The van der Waals surface area contributed by atoms with Crippen LogP contribution < -0.4 is 4.74 Å². The van der Waals surface area contributed by atoms with Crippen LogP contribution in [-0.2, 0) is 21.2 Å². The molecule has 4 rings (SSSR count). The summed E-state index contributed by atoms with van der Waals surface area (Å²) in [6.45, 7) is 0.479. The Morgan fingerprint density at radius 3 is 2.43 bits per heavy atom. The van der Waals surface area contributed by atoms with Crippen molar-refractivity contribution in [3.63, 3.8) is 0 Å². The third-order valence-corrected chi connectivity index (χ3v) is 10.5. The van der Waals surface area contributed by atoms with Crippen LogP contribution in [0.2, 0.25) is 0 Å². The van der Waals surface area contributed by atoms with Crippen molar-refractivity contribution in [1.29, 1.82) is 5.26 Å². The molecule has 0 radical (unpaired) electrons. The SMILES string of the molecule is COc1ccc(S(=O)(=O)N(C[C@@H](O)[C@H](Cc2ccccc2)N(C(=O)O)C2CCOC2)CC2(CCC#N)CCCC2)cc1. The molecule has 0 aromatic heterocycles. The van der Waals surface area contributed by atoms with Crippen LogP contribution >= 0.6 is 0 Å². The fraction of sp³-hybridized carbons (Fsp3) is 0.548. The molecule has 1 saturated carbocycles. The molecule has 10 nitrogen and oxygen atoms in total. The Labute approximate surface area is 248 Å². The molecule has 0 bridgehead atoms. The summed E-state index contributed by atoms with van der Waals surface area (Å²) in [5, 5.41) is 31.5. The predicted octanol–water partition coefficient (Wildman–Crippen LogP) is 4.29. The first-order chi connectivity index (χ1) is 20.2. The summed E-state index contributed by atoms with van der Waals surface area (Å²) in [6.07, 6.45) is 2.51. The van der Waals surface area contributed by atoms with E-state index in [1.807, 2.05) is 30.3 Å². The van der Waals surface area contributed by atoms with Crippen LogP contribution in [0.25, 0.3) is 0 Å². The first-order valence-electron chi connectivity index (χ1n) is 14.5. The summed E-state index contributed by atoms with van der Waals surface area (Å²) in [7, 11) is -2.60. The van der Waals surface area contributed by atoms with Gasteiger partial charge in [-0.05, 0) is 67.3 Å². The Hall–Kier alpha value is -3.17. The first kappa shape index (κ1) is 31.8. The maximum absolute atomic E-state index is 14.2. The molecule has 1 heterocycles. The van der Waals surface area contributed by atoms with Crippen molar-refractivity contribution in [3.05, 3.63) is 60.2 Å². The van der Waals surface area contributed by atoms with Crippen LogP contribution in [0.3, 0.4) is 0 Å². The molecular formula is C31H41N3O7S. The molecule has 1 aliphatic carbocycles. The average Bonchev–Trinajstić information content (AvgIpc) is 3.69. The Balaban J connectivity index is 1.71. The van der Waals surface area contributed by atoms with E-state index in [9.17, 15) is 28.7 Å². The van der Waals surface area contributed by atoms with Crippen LogP contribution in [0.4, 0.5) is 4.79 Å². The average molecular weight is 600 g/mol. The topological polar surface area (TPSA) is 140 Å². The molecule has 1 unspecified atom stereocenters. The standard InChI is InChI=1S/C31H41N3O7S/c1-40-26-10-12-27(13-11-26)42(38,39)33(23-31(17-7-18-32)15-5-6-16-31)21-29(35)28(20-24-8-3-2-4-9-24)34(30(36)37)25-14-19-41-22-25/h2-4,8-13,25,28-29,35H,5-7,14-17,19-23H2,1H3,(H,36,37)/t25?,28-,29+/m0/s1. The van der Waals surface area contributed by atoms with Crippen LogP contribution in [0.1, 0.15) is 50.5 Å². The van der Waals surface area contributed by atoms with Gasteiger partial charge in [0.2, 0.25) is 10.0 Å². The number of sulfonamides is 1. The molecule has 2 aromatic carbocycles. The number of carboxylic acid groups (broad SMARTS) is 1. The molecule has 2 N–H and O–H groups in total. The highest BCUT2D eigenvalue weighted by Gasteiger charge is 2.42. The molecule has 1 aliphatic heterocycles. The summed E-state index contributed by atoms with van der Waals surface area (Å²) in [5.74, 6) is 0.514. The number of hydrogen-bond acceptors (Lipinski definition) is 7. The van der Waals surface area contributed by atoms with Gasteiger partial charge in [-0.3, -0.25) is 4.90 Å². The number of methoxy groups -OCH3 is 1. The molecule has 2 aliphatic rings.